The first-order valence-electron chi connectivity index (χ1n) is 5.17. The minimum Gasteiger partial charge on any atom is -0.284 e. The van der Waals surface area contributed by atoms with Crippen LogP contribution in [0.5, 0.6) is 0 Å². The lowest BCUT2D eigenvalue weighted by molar-refractivity contribution is 0.607. The molecule has 0 unspecified atom stereocenters. The maximum atomic E-state index is 11.1. The van der Waals surface area contributed by atoms with E-state index in [1.165, 1.54) is 0 Å². The summed E-state index contributed by atoms with van der Waals surface area (Å²) in [4.78, 5) is 0. The Morgan fingerprint density at radius 2 is 2.22 bits per heavy atom. The van der Waals surface area contributed by atoms with Crippen molar-refractivity contribution in [1.82, 2.24) is 9.78 Å². The second-order valence-electron chi connectivity index (χ2n) is 3.93. The van der Waals surface area contributed by atoms with Crippen LogP contribution in [0.1, 0.15) is 5.56 Å². The van der Waals surface area contributed by atoms with Gasteiger partial charge in [-0.3, -0.25) is 9.40 Å². The van der Waals surface area contributed by atoms with Gasteiger partial charge in [0.15, 0.2) is 0 Å². The number of nitrogens with zero attached hydrogens (tertiary/aromatic N) is 2. The van der Waals surface area contributed by atoms with E-state index >= 15 is 0 Å². The van der Waals surface area contributed by atoms with E-state index in [0.29, 0.717) is 12.2 Å². The molecule has 0 fully saturated rings. The van der Waals surface area contributed by atoms with Gasteiger partial charge in [-0.1, -0.05) is 12.1 Å². The smallest absolute Gasteiger partial charge is 0.229 e. The lowest BCUT2D eigenvalue weighted by atomic mass is 10.2. The SMILES string of the molecule is CS(=O)(=O)Nc1cccc(Cn2cc(Br)cn2)c1. The molecule has 0 spiro atoms. The standard InChI is InChI=1S/C11H12BrN3O2S/c1-18(16,17)14-11-4-2-3-9(5-11)7-15-8-10(12)6-13-15/h2-6,8,14H,7H2,1H3. The molecule has 1 aromatic carbocycles. The molecular weight excluding hydrogens is 318 g/mol. The van der Waals surface area contributed by atoms with Crippen molar-refractivity contribution in [3.05, 3.63) is 46.7 Å². The molecule has 5 nitrogen and oxygen atoms in total. The Bertz CT molecular complexity index is 652. The first-order valence-corrected chi connectivity index (χ1v) is 7.85. The fourth-order valence-electron chi connectivity index (χ4n) is 1.56. The largest absolute Gasteiger partial charge is 0.284 e. The van der Waals surface area contributed by atoms with E-state index in [2.05, 4.69) is 25.8 Å². The quantitative estimate of drug-likeness (QED) is 0.933. The van der Waals surface area contributed by atoms with E-state index in [4.69, 9.17) is 0 Å². The van der Waals surface area contributed by atoms with Gasteiger partial charge in [-0.25, -0.2) is 8.42 Å². The summed E-state index contributed by atoms with van der Waals surface area (Å²) in [7, 11) is -3.24. The molecule has 1 heterocycles. The van der Waals surface area contributed by atoms with E-state index in [9.17, 15) is 8.42 Å². The van der Waals surface area contributed by atoms with E-state index in [1.54, 1.807) is 29.1 Å². The summed E-state index contributed by atoms with van der Waals surface area (Å²) in [6.45, 7) is 0.588. The second kappa shape index (κ2) is 5.11. The van der Waals surface area contributed by atoms with Crippen LogP contribution in [0.2, 0.25) is 0 Å². The summed E-state index contributed by atoms with van der Waals surface area (Å²) in [5, 5.41) is 4.15. The molecule has 18 heavy (non-hydrogen) atoms. The number of anilines is 1. The zero-order valence-corrected chi connectivity index (χ0v) is 12.1. The average molecular weight is 330 g/mol. The number of rotatable bonds is 4. The van der Waals surface area contributed by atoms with Crippen LogP contribution in [0.15, 0.2) is 41.1 Å². The molecule has 0 radical (unpaired) electrons. The molecule has 2 aromatic rings. The normalized spacial score (nSPS) is 11.4. The maximum absolute atomic E-state index is 11.1. The number of nitrogens with one attached hydrogen (secondary N) is 1. The molecule has 1 N–H and O–H groups in total. The highest BCUT2D eigenvalue weighted by molar-refractivity contribution is 9.10. The van der Waals surface area contributed by atoms with Crippen LogP contribution in [-0.4, -0.2) is 24.5 Å². The summed E-state index contributed by atoms with van der Waals surface area (Å²) in [5.41, 5.74) is 1.53. The summed E-state index contributed by atoms with van der Waals surface area (Å²) in [6.07, 6.45) is 4.69. The molecule has 0 aliphatic heterocycles. The minimum absolute atomic E-state index is 0.557. The molecule has 1 aromatic heterocycles. The Morgan fingerprint density at radius 3 is 2.83 bits per heavy atom. The van der Waals surface area contributed by atoms with Gasteiger partial charge in [0, 0.05) is 11.9 Å². The summed E-state index contributed by atoms with van der Waals surface area (Å²) in [5.74, 6) is 0. The highest BCUT2D eigenvalue weighted by Gasteiger charge is 2.03. The number of halogens is 1. The van der Waals surface area contributed by atoms with Gasteiger partial charge < -0.3 is 0 Å². The third-order valence-electron chi connectivity index (χ3n) is 2.18. The minimum atomic E-state index is -3.24. The molecule has 0 saturated heterocycles. The van der Waals surface area contributed by atoms with Crippen molar-refractivity contribution in [2.24, 2.45) is 0 Å². The molecule has 96 valence electrons. The molecule has 0 bridgehead atoms. The van der Waals surface area contributed by atoms with E-state index in [-0.39, 0.29) is 0 Å². The number of hydrogen-bond donors (Lipinski definition) is 1. The van der Waals surface area contributed by atoms with Crippen molar-refractivity contribution in [2.75, 3.05) is 11.0 Å². The van der Waals surface area contributed by atoms with Gasteiger partial charge in [-0.2, -0.15) is 5.10 Å². The van der Waals surface area contributed by atoms with Crippen LogP contribution in [-0.2, 0) is 16.6 Å². The highest BCUT2D eigenvalue weighted by atomic mass is 79.9. The van der Waals surface area contributed by atoms with Crippen LogP contribution >= 0.6 is 15.9 Å². The van der Waals surface area contributed by atoms with Gasteiger partial charge in [-0.15, -0.1) is 0 Å². The van der Waals surface area contributed by atoms with Crippen molar-refractivity contribution >= 4 is 31.6 Å². The van der Waals surface area contributed by atoms with Crippen LogP contribution in [0.25, 0.3) is 0 Å². The van der Waals surface area contributed by atoms with Crippen LogP contribution in [0.3, 0.4) is 0 Å². The summed E-state index contributed by atoms with van der Waals surface area (Å²) in [6, 6.07) is 7.23. The van der Waals surface area contributed by atoms with Gasteiger partial charge in [0.1, 0.15) is 0 Å². The zero-order chi connectivity index (χ0) is 13.2. The first kappa shape index (κ1) is 13.1. The van der Waals surface area contributed by atoms with Crippen LogP contribution < -0.4 is 4.72 Å². The predicted molar refractivity (Wildman–Crippen MR) is 73.9 cm³/mol. The van der Waals surface area contributed by atoms with Crippen LogP contribution in [0.4, 0.5) is 5.69 Å². The summed E-state index contributed by atoms with van der Waals surface area (Å²) >= 11 is 3.32. The fraction of sp³-hybridized carbons (Fsp3) is 0.182. The molecular formula is C11H12BrN3O2S. The molecule has 0 atom stereocenters. The Labute approximate surface area is 114 Å². The molecule has 0 aliphatic rings. The number of sulfonamides is 1. The van der Waals surface area contributed by atoms with E-state index in [0.717, 1.165) is 16.3 Å². The van der Waals surface area contributed by atoms with Crippen LogP contribution in [0, 0.1) is 0 Å². The number of benzene rings is 1. The lowest BCUT2D eigenvalue weighted by Crippen LogP contribution is -2.10. The average Bonchev–Trinajstić information content (AvgIpc) is 2.62. The van der Waals surface area contributed by atoms with E-state index in [1.807, 2.05) is 12.3 Å². The van der Waals surface area contributed by atoms with Crippen molar-refractivity contribution in [3.8, 4) is 0 Å². The van der Waals surface area contributed by atoms with Crippen molar-refractivity contribution in [2.45, 2.75) is 6.54 Å². The van der Waals surface area contributed by atoms with Gasteiger partial charge in [0.25, 0.3) is 0 Å². The predicted octanol–water partition coefficient (Wildman–Crippen LogP) is 2.07. The van der Waals surface area contributed by atoms with Gasteiger partial charge >= 0.3 is 0 Å². The van der Waals surface area contributed by atoms with E-state index < -0.39 is 10.0 Å². The first-order chi connectivity index (χ1) is 8.42. The Morgan fingerprint density at radius 1 is 1.44 bits per heavy atom. The van der Waals surface area contributed by atoms with Gasteiger partial charge in [0.2, 0.25) is 10.0 Å². The van der Waals surface area contributed by atoms with Crippen molar-refractivity contribution in [3.63, 3.8) is 0 Å². The Balaban J connectivity index is 2.17. The number of hydrogen-bond acceptors (Lipinski definition) is 3. The monoisotopic (exact) mass is 329 g/mol. The van der Waals surface area contributed by atoms with Gasteiger partial charge in [0.05, 0.1) is 23.5 Å². The number of aromatic nitrogens is 2. The third-order valence-corrected chi connectivity index (χ3v) is 3.19. The topological polar surface area (TPSA) is 64.0 Å². The molecule has 0 amide bonds. The molecule has 2 rings (SSSR count). The molecule has 0 aliphatic carbocycles. The van der Waals surface area contributed by atoms with Crippen molar-refractivity contribution in [1.29, 1.82) is 0 Å². The molecule has 0 saturated carbocycles. The Kier molecular flexibility index (Phi) is 3.72. The highest BCUT2D eigenvalue weighted by Crippen LogP contribution is 2.14. The lowest BCUT2D eigenvalue weighted by Gasteiger charge is -2.06. The van der Waals surface area contributed by atoms with Crippen molar-refractivity contribution < 1.29 is 8.42 Å². The fourth-order valence-corrected chi connectivity index (χ4v) is 2.44. The molecule has 7 heteroatoms. The zero-order valence-electron chi connectivity index (χ0n) is 9.67. The third kappa shape index (κ3) is 3.85. The second-order valence-corrected chi connectivity index (χ2v) is 6.59. The Hall–Kier alpha value is -1.34. The van der Waals surface area contributed by atoms with Gasteiger partial charge in [-0.05, 0) is 33.6 Å². The summed E-state index contributed by atoms with van der Waals surface area (Å²) < 4.78 is 27.4. The maximum Gasteiger partial charge on any atom is 0.229 e.